The third-order valence-electron chi connectivity index (χ3n) is 8.23. The van der Waals surface area contributed by atoms with Crippen LogP contribution in [0.25, 0.3) is 11.3 Å². The van der Waals surface area contributed by atoms with Crippen LogP contribution in [-0.2, 0) is 4.79 Å². The lowest BCUT2D eigenvalue weighted by Crippen LogP contribution is -2.58. The van der Waals surface area contributed by atoms with E-state index >= 15 is 0 Å². The number of imidazole rings is 1. The molecule has 1 aliphatic heterocycles. The molecule has 1 N–H and O–H groups in total. The molecule has 2 bridgehead atoms. The molecule has 3 aliphatic carbocycles. The van der Waals surface area contributed by atoms with E-state index in [9.17, 15) is 9.59 Å². The molecule has 2 aromatic carbocycles. The van der Waals surface area contributed by atoms with E-state index in [1.807, 2.05) is 48.9 Å². The standard InChI is InChI=1S/C27H27N3O2/c31-24(16-22-20-8-4-5-9-21(20)23-17-28-18-30(22)23)26-10-13-27(14-11-26,15-12-26)29-25(32)19-6-2-1-3-7-19/h1-9,17-18,22H,10-16H2,(H,29,32). The first-order chi connectivity index (χ1) is 15.6. The van der Waals surface area contributed by atoms with Gasteiger partial charge in [-0.1, -0.05) is 42.5 Å². The number of Topliss-reactive ketones (excluding diaryl/α,β-unsaturated/α-hetero) is 1. The predicted octanol–water partition coefficient (Wildman–Crippen LogP) is 4.94. The summed E-state index contributed by atoms with van der Waals surface area (Å²) in [7, 11) is 0. The van der Waals surface area contributed by atoms with Crippen LogP contribution < -0.4 is 5.32 Å². The number of nitrogens with zero attached hydrogens (tertiary/aromatic N) is 2. The fourth-order valence-electron chi connectivity index (χ4n) is 6.23. The monoisotopic (exact) mass is 425 g/mol. The van der Waals surface area contributed by atoms with Crippen LogP contribution in [0.3, 0.4) is 0 Å². The summed E-state index contributed by atoms with van der Waals surface area (Å²) in [6.07, 6.45) is 9.52. The van der Waals surface area contributed by atoms with Crippen LogP contribution in [0.4, 0.5) is 0 Å². The predicted molar refractivity (Wildman–Crippen MR) is 122 cm³/mol. The summed E-state index contributed by atoms with van der Waals surface area (Å²) < 4.78 is 2.16. The van der Waals surface area contributed by atoms with Crippen molar-refractivity contribution in [3.63, 3.8) is 0 Å². The van der Waals surface area contributed by atoms with Crippen LogP contribution in [0, 0.1) is 5.41 Å². The Balaban J connectivity index is 1.17. The smallest absolute Gasteiger partial charge is 0.251 e. The minimum atomic E-state index is -0.239. The second-order valence-electron chi connectivity index (χ2n) is 9.80. The van der Waals surface area contributed by atoms with Gasteiger partial charge < -0.3 is 9.88 Å². The maximum atomic E-state index is 13.7. The number of carbonyl (C=O) groups excluding carboxylic acids is 2. The maximum Gasteiger partial charge on any atom is 0.251 e. The van der Waals surface area contributed by atoms with Crippen molar-refractivity contribution in [1.82, 2.24) is 14.9 Å². The summed E-state index contributed by atoms with van der Waals surface area (Å²) >= 11 is 0. The van der Waals surface area contributed by atoms with Gasteiger partial charge in [0.2, 0.25) is 0 Å². The van der Waals surface area contributed by atoms with Crippen LogP contribution >= 0.6 is 0 Å². The van der Waals surface area contributed by atoms with Crippen LogP contribution in [0.5, 0.6) is 0 Å². The highest BCUT2D eigenvalue weighted by atomic mass is 16.2. The third-order valence-corrected chi connectivity index (χ3v) is 8.23. The molecule has 5 heteroatoms. The number of ketones is 1. The average molecular weight is 426 g/mol. The minimum absolute atomic E-state index is 0.00141. The van der Waals surface area contributed by atoms with Gasteiger partial charge in [-0.25, -0.2) is 4.98 Å². The van der Waals surface area contributed by atoms with Crippen molar-refractivity contribution in [3.05, 3.63) is 78.2 Å². The zero-order valence-corrected chi connectivity index (χ0v) is 18.1. The van der Waals surface area contributed by atoms with Crippen LogP contribution in [0.15, 0.2) is 67.1 Å². The molecule has 3 aromatic rings. The molecule has 1 amide bonds. The minimum Gasteiger partial charge on any atom is -0.347 e. The highest BCUT2D eigenvalue weighted by molar-refractivity contribution is 5.95. The van der Waals surface area contributed by atoms with Crippen molar-refractivity contribution in [2.24, 2.45) is 5.41 Å². The summed E-state index contributed by atoms with van der Waals surface area (Å²) in [5.41, 5.74) is 3.83. The van der Waals surface area contributed by atoms with Gasteiger partial charge in [0.15, 0.2) is 0 Å². The number of carbonyl (C=O) groups is 2. The van der Waals surface area contributed by atoms with Gasteiger partial charge in [0, 0.05) is 28.5 Å². The normalized spacial score (nSPS) is 27.6. The summed E-state index contributed by atoms with van der Waals surface area (Å²) in [6.45, 7) is 0. The Bertz CT molecular complexity index is 1170. The molecule has 2 heterocycles. The SMILES string of the molecule is O=C(NC12CCC(C(=O)CC3c4ccccc4-c4cncn43)(CC1)CC2)c1ccccc1. The van der Waals surface area contributed by atoms with Crippen LogP contribution in [0.1, 0.15) is 66.9 Å². The molecule has 1 unspecified atom stereocenters. The molecule has 4 aliphatic rings. The molecule has 0 saturated heterocycles. The molecule has 3 saturated carbocycles. The Kier molecular flexibility index (Phi) is 4.36. The van der Waals surface area contributed by atoms with E-state index in [0.717, 1.165) is 44.2 Å². The lowest BCUT2D eigenvalue weighted by Gasteiger charge is -2.53. The van der Waals surface area contributed by atoms with Crippen molar-refractivity contribution in [3.8, 4) is 11.3 Å². The van der Waals surface area contributed by atoms with E-state index in [0.29, 0.717) is 17.8 Å². The fraction of sp³-hybridized carbons (Fsp3) is 0.370. The van der Waals surface area contributed by atoms with E-state index in [-0.39, 0.29) is 22.9 Å². The van der Waals surface area contributed by atoms with Gasteiger partial charge in [0.1, 0.15) is 5.78 Å². The van der Waals surface area contributed by atoms with Gasteiger partial charge in [-0.05, 0) is 56.2 Å². The average Bonchev–Trinajstić information content (AvgIpc) is 3.43. The molecule has 1 atom stereocenters. The van der Waals surface area contributed by atoms with Crippen molar-refractivity contribution in [2.45, 2.75) is 56.5 Å². The molecule has 0 spiro atoms. The van der Waals surface area contributed by atoms with E-state index in [2.05, 4.69) is 33.1 Å². The first kappa shape index (κ1) is 19.5. The van der Waals surface area contributed by atoms with Gasteiger partial charge in [-0.3, -0.25) is 9.59 Å². The number of hydrogen-bond donors (Lipinski definition) is 1. The van der Waals surface area contributed by atoms with Gasteiger partial charge in [-0.2, -0.15) is 0 Å². The first-order valence-corrected chi connectivity index (χ1v) is 11.6. The number of amides is 1. The largest absolute Gasteiger partial charge is 0.347 e. The molecule has 162 valence electrons. The van der Waals surface area contributed by atoms with Crippen molar-refractivity contribution >= 4 is 11.7 Å². The Hall–Kier alpha value is -3.21. The lowest BCUT2D eigenvalue weighted by atomic mass is 9.55. The highest BCUT2D eigenvalue weighted by Gasteiger charge is 2.53. The number of fused-ring (bicyclic) bond motifs is 6. The molecule has 32 heavy (non-hydrogen) atoms. The molecule has 5 nitrogen and oxygen atoms in total. The summed E-state index contributed by atoms with van der Waals surface area (Å²) in [5, 5.41) is 3.33. The first-order valence-electron chi connectivity index (χ1n) is 11.6. The molecular formula is C27H27N3O2. The Morgan fingerprint density at radius 1 is 0.938 bits per heavy atom. The van der Waals surface area contributed by atoms with Crippen LogP contribution in [-0.4, -0.2) is 26.8 Å². The van der Waals surface area contributed by atoms with E-state index in [4.69, 9.17) is 0 Å². The fourth-order valence-corrected chi connectivity index (χ4v) is 6.23. The Morgan fingerprint density at radius 2 is 1.62 bits per heavy atom. The van der Waals surface area contributed by atoms with E-state index in [1.54, 1.807) is 0 Å². The molecule has 7 rings (SSSR count). The molecular weight excluding hydrogens is 398 g/mol. The Labute approximate surface area is 187 Å². The van der Waals surface area contributed by atoms with Gasteiger partial charge >= 0.3 is 0 Å². The van der Waals surface area contributed by atoms with Gasteiger partial charge in [0.25, 0.3) is 5.91 Å². The van der Waals surface area contributed by atoms with E-state index < -0.39 is 0 Å². The molecule has 3 fully saturated rings. The van der Waals surface area contributed by atoms with Gasteiger partial charge in [0.05, 0.1) is 24.3 Å². The second-order valence-corrected chi connectivity index (χ2v) is 9.80. The second kappa shape index (κ2) is 7.16. The van der Waals surface area contributed by atoms with Gasteiger partial charge in [-0.15, -0.1) is 0 Å². The quantitative estimate of drug-likeness (QED) is 0.630. The van der Waals surface area contributed by atoms with Crippen LogP contribution in [0.2, 0.25) is 0 Å². The maximum absolute atomic E-state index is 13.7. The van der Waals surface area contributed by atoms with Crippen molar-refractivity contribution in [2.75, 3.05) is 0 Å². The number of rotatable bonds is 5. The number of benzene rings is 2. The third kappa shape index (κ3) is 2.94. The zero-order chi connectivity index (χ0) is 21.8. The zero-order valence-electron chi connectivity index (χ0n) is 18.1. The topological polar surface area (TPSA) is 64.0 Å². The summed E-state index contributed by atoms with van der Waals surface area (Å²) in [5.74, 6) is 0.378. The van der Waals surface area contributed by atoms with Crippen molar-refractivity contribution in [1.29, 1.82) is 0 Å². The summed E-state index contributed by atoms with van der Waals surface area (Å²) in [4.78, 5) is 30.8. The molecule has 0 radical (unpaired) electrons. The number of nitrogens with one attached hydrogen (secondary N) is 1. The van der Waals surface area contributed by atoms with Crippen molar-refractivity contribution < 1.29 is 9.59 Å². The molecule has 1 aromatic heterocycles. The Morgan fingerprint density at radius 3 is 2.38 bits per heavy atom. The number of hydrogen-bond acceptors (Lipinski definition) is 3. The summed E-state index contributed by atoms with van der Waals surface area (Å²) in [6, 6.07) is 17.8. The lowest BCUT2D eigenvalue weighted by molar-refractivity contribution is -0.136. The highest BCUT2D eigenvalue weighted by Crippen LogP contribution is 2.54. The van der Waals surface area contributed by atoms with E-state index in [1.165, 1.54) is 11.1 Å². The number of aromatic nitrogens is 2.